The molecular formula is C19H32ClN3O3S+2. The van der Waals surface area contributed by atoms with E-state index >= 15 is 0 Å². The van der Waals surface area contributed by atoms with Crippen LogP contribution in [0.1, 0.15) is 13.8 Å². The van der Waals surface area contributed by atoms with Gasteiger partial charge in [-0.1, -0.05) is 37.6 Å². The molecule has 0 radical (unpaired) electrons. The lowest BCUT2D eigenvalue weighted by atomic mass is 10.1. The fourth-order valence-electron chi connectivity index (χ4n) is 4.11. The van der Waals surface area contributed by atoms with E-state index in [1.807, 2.05) is 0 Å². The van der Waals surface area contributed by atoms with Crippen molar-refractivity contribution in [3.8, 4) is 0 Å². The summed E-state index contributed by atoms with van der Waals surface area (Å²) in [5, 5.41) is 0.288. The van der Waals surface area contributed by atoms with Crippen LogP contribution in [0.5, 0.6) is 0 Å². The number of rotatable bonds is 6. The number of nitrogens with one attached hydrogen (secondary N) is 2. The lowest BCUT2D eigenvalue weighted by Gasteiger charge is -2.36. The highest BCUT2D eigenvalue weighted by Gasteiger charge is 2.34. The Kier molecular flexibility index (Phi) is 7.16. The van der Waals surface area contributed by atoms with Gasteiger partial charge in [0, 0.05) is 5.92 Å². The van der Waals surface area contributed by atoms with Crippen molar-refractivity contribution in [2.45, 2.75) is 24.8 Å². The van der Waals surface area contributed by atoms with Crippen molar-refractivity contribution < 1.29 is 23.0 Å². The molecule has 1 aromatic carbocycles. The Balaban J connectivity index is 1.52. The van der Waals surface area contributed by atoms with Crippen molar-refractivity contribution in [1.29, 1.82) is 0 Å². The van der Waals surface area contributed by atoms with Gasteiger partial charge in [-0.3, -0.25) is 0 Å². The Labute approximate surface area is 168 Å². The maximum atomic E-state index is 12.9. The first-order valence-electron chi connectivity index (χ1n) is 9.89. The minimum absolute atomic E-state index is 0.207. The average Bonchev–Trinajstić information content (AvgIpc) is 2.62. The van der Waals surface area contributed by atoms with Crippen molar-refractivity contribution in [1.82, 2.24) is 4.31 Å². The zero-order chi connectivity index (χ0) is 19.4. The predicted molar refractivity (Wildman–Crippen MR) is 106 cm³/mol. The molecule has 8 heteroatoms. The van der Waals surface area contributed by atoms with Crippen molar-refractivity contribution >= 4 is 21.6 Å². The molecule has 1 aromatic rings. The summed E-state index contributed by atoms with van der Waals surface area (Å²) in [5.74, 6) is 0.699. The topological polar surface area (TPSA) is 55.5 Å². The molecule has 2 N–H and O–H groups in total. The molecule has 2 aliphatic rings. The van der Waals surface area contributed by atoms with E-state index in [9.17, 15) is 8.42 Å². The van der Waals surface area contributed by atoms with Crippen LogP contribution in [0.4, 0.5) is 0 Å². The van der Waals surface area contributed by atoms with E-state index in [-0.39, 0.29) is 16.0 Å². The second-order valence-electron chi connectivity index (χ2n) is 8.08. The smallest absolute Gasteiger partial charge is 0.244 e. The van der Waals surface area contributed by atoms with Crippen molar-refractivity contribution in [3.63, 3.8) is 0 Å². The minimum Gasteiger partial charge on any atom is -0.361 e. The minimum atomic E-state index is -3.52. The SMILES string of the molecule is CC(C)C[NH+]1CCO[C@@H](C[NH+]2CCN(S(=O)(=O)c3ccccc3Cl)CC2)C1. The summed E-state index contributed by atoms with van der Waals surface area (Å²) in [6.07, 6.45) is 0.272. The van der Waals surface area contributed by atoms with E-state index in [0.29, 0.717) is 19.0 Å². The molecule has 3 rings (SSSR count). The van der Waals surface area contributed by atoms with Gasteiger partial charge in [0.05, 0.1) is 44.4 Å². The van der Waals surface area contributed by atoms with E-state index in [2.05, 4.69) is 13.8 Å². The third kappa shape index (κ3) is 5.43. The van der Waals surface area contributed by atoms with Gasteiger partial charge >= 0.3 is 0 Å². The molecule has 2 fully saturated rings. The van der Waals surface area contributed by atoms with Gasteiger partial charge in [-0.15, -0.1) is 0 Å². The largest absolute Gasteiger partial charge is 0.361 e. The Bertz CT molecular complexity index is 721. The maximum absolute atomic E-state index is 12.9. The normalized spacial score (nSPS) is 25.8. The lowest BCUT2D eigenvalue weighted by Crippen LogP contribution is -3.19. The Morgan fingerprint density at radius 2 is 1.89 bits per heavy atom. The van der Waals surface area contributed by atoms with Gasteiger partial charge in [0.2, 0.25) is 10.0 Å². The fourth-order valence-corrected chi connectivity index (χ4v) is 6.04. The van der Waals surface area contributed by atoms with Crippen LogP contribution >= 0.6 is 11.6 Å². The summed E-state index contributed by atoms with van der Waals surface area (Å²) < 4.78 is 33.3. The summed E-state index contributed by atoms with van der Waals surface area (Å²) in [6, 6.07) is 6.67. The highest BCUT2D eigenvalue weighted by atomic mass is 35.5. The molecule has 152 valence electrons. The first kappa shape index (κ1) is 21.0. The van der Waals surface area contributed by atoms with E-state index < -0.39 is 10.0 Å². The fraction of sp³-hybridized carbons (Fsp3) is 0.684. The summed E-state index contributed by atoms with van der Waals surface area (Å²) in [4.78, 5) is 3.26. The summed E-state index contributed by atoms with van der Waals surface area (Å²) >= 11 is 6.11. The van der Waals surface area contributed by atoms with Crippen LogP contribution in [0.25, 0.3) is 0 Å². The number of piperazine rings is 1. The lowest BCUT2D eigenvalue weighted by molar-refractivity contribution is -0.935. The number of ether oxygens (including phenoxy) is 1. The molecule has 0 spiro atoms. The van der Waals surface area contributed by atoms with Gasteiger partial charge in [-0.25, -0.2) is 8.42 Å². The summed E-state index contributed by atoms with van der Waals surface area (Å²) in [7, 11) is -3.52. The van der Waals surface area contributed by atoms with Gasteiger partial charge in [0.25, 0.3) is 0 Å². The first-order chi connectivity index (χ1) is 12.9. The Hall–Kier alpha value is -0.700. The number of halogens is 1. The van der Waals surface area contributed by atoms with Gasteiger partial charge in [-0.2, -0.15) is 4.31 Å². The molecule has 0 amide bonds. The van der Waals surface area contributed by atoms with Crippen LogP contribution < -0.4 is 9.80 Å². The molecule has 2 aliphatic heterocycles. The monoisotopic (exact) mass is 417 g/mol. The van der Waals surface area contributed by atoms with E-state index in [1.54, 1.807) is 33.5 Å². The average molecular weight is 418 g/mol. The Morgan fingerprint density at radius 1 is 1.19 bits per heavy atom. The van der Waals surface area contributed by atoms with Crippen molar-refractivity contribution in [2.24, 2.45) is 5.92 Å². The van der Waals surface area contributed by atoms with Crippen molar-refractivity contribution in [3.05, 3.63) is 29.3 Å². The molecule has 6 nitrogen and oxygen atoms in total. The second kappa shape index (κ2) is 9.20. The van der Waals surface area contributed by atoms with Crippen LogP contribution in [0.3, 0.4) is 0 Å². The highest BCUT2D eigenvalue weighted by molar-refractivity contribution is 7.89. The first-order valence-corrected chi connectivity index (χ1v) is 11.7. The third-order valence-electron chi connectivity index (χ3n) is 5.42. The number of morpholine rings is 1. The third-order valence-corrected chi connectivity index (χ3v) is 7.82. The molecule has 27 heavy (non-hydrogen) atoms. The molecular weight excluding hydrogens is 386 g/mol. The molecule has 0 aliphatic carbocycles. The van der Waals surface area contributed by atoms with Crippen LogP contribution in [0.15, 0.2) is 29.2 Å². The summed E-state index contributed by atoms with van der Waals surface area (Å²) in [6.45, 7) is 12.3. The van der Waals surface area contributed by atoms with E-state index in [1.165, 1.54) is 11.4 Å². The molecule has 2 saturated heterocycles. The molecule has 2 atom stereocenters. The zero-order valence-electron chi connectivity index (χ0n) is 16.3. The number of hydrogen-bond donors (Lipinski definition) is 2. The molecule has 1 unspecified atom stereocenters. The van der Waals surface area contributed by atoms with Crippen molar-refractivity contribution in [2.75, 3.05) is 59.0 Å². The maximum Gasteiger partial charge on any atom is 0.244 e. The number of nitrogens with zero attached hydrogens (tertiary/aromatic N) is 1. The number of sulfonamides is 1. The molecule has 2 heterocycles. The second-order valence-corrected chi connectivity index (χ2v) is 10.4. The van der Waals surface area contributed by atoms with Crippen LogP contribution in [-0.4, -0.2) is 77.8 Å². The number of quaternary nitrogens is 2. The van der Waals surface area contributed by atoms with Gasteiger partial charge in [0.15, 0.2) is 6.10 Å². The Morgan fingerprint density at radius 3 is 2.56 bits per heavy atom. The molecule has 0 saturated carbocycles. The standard InChI is InChI=1S/C19H30ClN3O3S/c1-16(2)13-22-11-12-26-17(15-22)14-21-7-9-23(10-8-21)27(24,25)19-6-4-3-5-18(19)20/h3-6,16-17H,7-15H2,1-2H3/p+2/t17-/m0/s1. The predicted octanol–water partition coefficient (Wildman–Crippen LogP) is -0.831. The van der Waals surface area contributed by atoms with Crippen LogP contribution in [-0.2, 0) is 14.8 Å². The van der Waals surface area contributed by atoms with E-state index in [0.717, 1.165) is 39.3 Å². The molecule has 0 aromatic heterocycles. The van der Waals surface area contributed by atoms with Gasteiger partial charge in [0.1, 0.15) is 24.5 Å². The summed E-state index contributed by atoms with van der Waals surface area (Å²) in [5.41, 5.74) is 0. The number of hydrogen-bond acceptors (Lipinski definition) is 3. The van der Waals surface area contributed by atoms with Gasteiger partial charge in [-0.05, 0) is 12.1 Å². The van der Waals surface area contributed by atoms with Crippen LogP contribution in [0, 0.1) is 5.92 Å². The number of benzene rings is 1. The zero-order valence-corrected chi connectivity index (χ0v) is 17.9. The quantitative estimate of drug-likeness (QED) is 0.635. The van der Waals surface area contributed by atoms with Gasteiger partial charge < -0.3 is 14.5 Å². The van der Waals surface area contributed by atoms with Crippen LogP contribution in [0.2, 0.25) is 5.02 Å². The highest BCUT2D eigenvalue weighted by Crippen LogP contribution is 2.24. The van der Waals surface area contributed by atoms with E-state index in [4.69, 9.17) is 16.3 Å². The molecule has 0 bridgehead atoms.